The van der Waals surface area contributed by atoms with E-state index >= 15 is 0 Å². The summed E-state index contributed by atoms with van der Waals surface area (Å²) in [5, 5.41) is 2.96. The molecule has 0 heterocycles. The third-order valence-electron chi connectivity index (χ3n) is 2.44. The molecule has 0 saturated carbocycles. The Bertz CT molecular complexity index is 183. The molecule has 0 aliphatic rings. The highest BCUT2D eigenvalue weighted by molar-refractivity contribution is 5.74. The van der Waals surface area contributed by atoms with Gasteiger partial charge in [0.1, 0.15) is 0 Å². The van der Waals surface area contributed by atoms with Gasteiger partial charge < -0.3 is 15.0 Å². The first-order valence-corrected chi connectivity index (χ1v) is 5.62. The highest BCUT2D eigenvalue weighted by Gasteiger charge is 2.17. The molecule has 0 aliphatic carbocycles. The second kappa shape index (κ2) is 7.51. The summed E-state index contributed by atoms with van der Waals surface area (Å²) in [4.78, 5) is 13.3. The molecule has 0 fully saturated rings. The number of hydrogen-bond donors (Lipinski definition) is 1. The SMILES string of the molecule is CCOCC(NC(=O)N(C)CC)C(C)C. The molecule has 1 unspecified atom stereocenters. The van der Waals surface area contributed by atoms with Crippen molar-refractivity contribution in [3.8, 4) is 0 Å². The van der Waals surface area contributed by atoms with Gasteiger partial charge in [0.2, 0.25) is 0 Å². The van der Waals surface area contributed by atoms with Crippen LogP contribution >= 0.6 is 0 Å². The third-order valence-corrected chi connectivity index (χ3v) is 2.44. The van der Waals surface area contributed by atoms with Gasteiger partial charge in [-0.1, -0.05) is 13.8 Å². The molecular formula is C11H24N2O2. The summed E-state index contributed by atoms with van der Waals surface area (Å²) in [6, 6.07) is 0.0577. The maximum Gasteiger partial charge on any atom is 0.317 e. The van der Waals surface area contributed by atoms with Crippen LogP contribution in [-0.2, 0) is 4.74 Å². The van der Waals surface area contributed by atoms with Crippen molar-refractivity contribution in [1.82, 2.24) is 10.2 Å². The summed E-state index contributed by atoms with van der Waals surface area (Å²) in [7, 11) is 1.79. The number of carbonyl (C=O) groups excluding carboxylic acids is 1. The topological polar surface area (TPSA) is 41.6 Å². The molecule has 15 heavy (non-hydrogen) atoms. The van der Waals surface area contributed by atoms with Gasteiger partial charge in [-0.25, -0.2) is 4.79 Å². The standard InChI is InChI=1S/C11H24N2O2/c1-6-13(5)11(14)12-10(9(3)4)8-15-7-2/h9-10H,6-8H2,1-5H3,(H,12,14). The lowest BCUT2D eigenvalue weighted by atomic mass is 10.1. The van der Waals surface area contributed by atoms with E-state index in [1.165, 1.54) is 0 Å². The zero-order chi connectivity index (χ0) is 11.8. The Kier molecular flexibility index (Phi) is 7.13. The summed E-state index contributed by atoms with van der Waals surface area (Å²) in [5.74, 6) is 0.380. The minimum atomic E-state index is -0.0316. The van der Waals surface area contributed by atoms with Crippen LogP contribution in [0.1, 0.15) is 27.7 Å². The molecule has 0 aromatic carbocycles. The maximum atomic E-state index is 11.6. The van der Waals surface area contributed by atoms with Gasteiger partial charge in [-0.15, -0.1) is 0 Å². The lowest BCUT2D eigenvalue weighted by molar-refractivity contribution is 0.107. The number of nitrogens with one attached hydrogen (secondary N) is 1. The molecule has 0 saturated heterocycles. The molecule has 0 radical (unpaired) electrons. The van der Waals surface area contributed by atoms with E-state index in [0.717, 1.165) is 0 Å². The van der Waals surface area contributed by atoms with Crippen molar-refractivity contribution in [2.75, 3.05) is 26.8 Å². The zero-order valence-electron chi connectivity index (χ0n) is 10.5. The van der Waals surface area contributed by atoms with Crippen molar-refractivity contribution in [3.63, 3.8) is 0 Å². The monoisotopic (exact) mass is 216 g/mol. The average Bonchev–Trinajstić information content (AvgIpc) is 2.22. The Morgan fingerprint density at radius 3 is 2.40 bits per heavy atom. The van der Waals surface area contributed by atoms with Crippen LogP contribution in [0.2, 0.25) is 0 Å². The van der Waals surface area contributed by atoms with Crippen LogP contribution in [0.15, 0.2) is 0 Å². The Morgan fingerprint density at radius 2 is 2.00 bits per heavy atom. The van der Waals surface area contributed by atoms with Crippen LogP contribution in [0.3, 0.4) is 0 Å². The van der Waals surface area contributed by atoms with Gasteiger partial charge in [-0.2, -0.15) is 0 Å². The number of ether oxygens (including phenoxy) is 1. The van der Waals surface area contributed by atoms with Crippen molar-refractivity contribution >= 4 is 6.03 Å². The Balaban J connectivity index is 4.09. The summed E-state index contributed by atoms with van der Waals surface area (Å²) in [6.45, 7) is 10.0. The Morgan fingerprint density at radius 1 is 1.40 bits per heavy atom. The number of hydrogen-bond acceptors (Lipinski definition) is 2. The number of carbonyl (C=O) groups is 1. The minimum absolute atomic E-state index is 0.0316. The molecule has 1 atom stereocenters. The molecule has 0 aromatic rings. The predicted molar refractivity (Wildman–Crippen MR) is 62.0 cm³/mol. The van der Waals surface area contributed by atoms with E-state index in [0.29, 0.717) is 25.7 Å². The second-order valence-electron chi connectivity index (χ2n) is 3.97. The van der Waals surface area contributed by atoms with Gasteiger partial charge in [0.05, 0.1) is 12.6 Å². The molecular weight excluding hydrogens is 192 g/mol. The summed E-state index contributed by atoms with van der Waals surface area (Å²) in [5.41, 5.74) is 0. The molecule has 0 aromatic heterocycles. The Labute approximate surface area is 93.0 Å². The Hall–Kier alpha value is -0.770. The van der Waals surface area contributed by atoms with Crippen molar-refractivity contribution in [3.05, 3.63) is 0 Å². The third kappa shape index (κ3) is 5.62. The van der Waals surface area contributed by atoms with Gasteiger partial charge in [-0.3, -0.25) is 0 Å². The van der Waals surface area contributed by atoms with Crippen LogP contribution < -0.4 is 5.32 Å². The van der Waals surface area contributed by atoms with E-state index in [9.17, 15) is 4.79 Å². The lowest BCUT2D eigenvalue weighted by Gasteiger charge is -2.25. The van der Waals surface area contributed by atoms with Crippen molar-refractivity contribution in [2.45, 2.75) is 33.7 Å². The number of amides is 2. The highest BCUT2D eigenvalue weighted by atomic mass is 16.5. The quantitative estimate of drug-likeness (QED) is 0.734. The lowest BCUT2D eigenvalue weighted by Crippen LogP contribution is -2.47. The number of rotatable bonds is 6. The van der Waals surface area contributed by atoms with Crippen molar-refractivity contribution < 1.29 is 9.53 Å². The zero-order valence-corrected chi connectivity index (χ0v) is 10.5. The predicted octanol–water partition coefficient (Wildman–Crippen LogP) is 1.71. The van der Waals surface area contributed by atoms with Gasteiger partial charge >= 0.3 is 6.03 Å². The number of nitrogens with zero attached hydrogens (tertiary/aromatic N) is 1. The van der Waals surface area contributed by atoms with Gasteiger partial charge in [0, 0.05) is 20.2 Å². The smallest absolute Gasteiger partial charge is 0.317 e. The highest BCUT2D eigenvalue weighted by Crippen LogP contribution is 2.03. The summed E-state index contributed by atoms with van der Waals surface area (Å²) in [6.07, 6.45) is 0. The molecule has 0 bridgehead atoms. The van der Waals surface area contributed by atoms with E-state index in [-0.39, 0.29) is 12.1 Å². The van der Waals surface area contributed by atoms with E-state index in [1.807, 2.05) is 13.8 Å². The molecule has 90 valence electrons. The van der Waals surface area contributed by atoms with Crippen molar-refractivity contribution in [1.29, 1.82) is 0 Å². The van der Waals surface area contributed by atoms with Crippen LogP contribution in [0, 0.1) is 5.92 Å². The maximum absolute atomic E-state index is 11.6. The summed E-state index contributed by atoms with van der Waals surface area (Å²) < 4.78 is 5.34. The van der Waals surface area contributed by atoms with E-state index in [2.05, 4.69) is 19.2 Å². The fourth-order valence-corrected chi connectivity index (χ4v) is 1.06. The van der Waals surface area contributed by atoms with Gasteiger partial charge in [-0.05, 0) is 19.8 Å². The van der Waals surface area contributed by atoms with Gasteiger partial charge in [0.15, 0.2) is 0 Å². The first kappa shape index (κ1) is 14.2. The normalized spacial score (nSPS) is 12.7. The van der Waals surface area contributed by atoms with Crippen LogP contribution in [-0.4, -0.2) is 43.8 Å². The molecule has 4 heteroatoms. The van der Waals surface area contributed by atoms with E-state index < -0.39 is 0 Å². The van der Waals surface area contributed by atoms with Crippen LogP contribution in [0.4, 0.5) is 4.79 Å². The molecule has 0 rings (SSSR count). The van der Waals surface area contributed by atoms with E-state index in [4.69, 9.17) is 4.74 Å². The molecule has 0 aliphatic heterocycles. The minimum Gasteiger partial charge on any atom is -0.380 e. The van der Waals surface area contributed by atoms with E-state index in [1.54, 1.807) is 11.9 Å². The molecule has 1 N–H and O–H groups in total. The van der Waals surface area contributed by atoms with Crippen molar-refractivity contribution in [2.24, 2.45) is 5.92 Å². The molecule has 4 nitrogen and oxygen atoms in total. The molecule has 2 amide bonds. The first-order valence-electron chi connectivity index (χ1n) is 5.62. The fraction of sp³-hybridized carbons (Fsp3) is 0.909. The first-order chi connectivity index (χ1) is 7.02. The van der Waals surface area contributed by atoms with Crippen LogP contribution in [0.25, 0.3) is 0 Å². The largest absolute Gasteiger partial charge is 0.380 e. The fourth-order valence-electron chi connectivity index (χ4n) is 1.06. The number of urea groups is 1. The van der Waals surface area contributed by atoms with Gasteiger partial charge in [0.25, 0.3) is 0 Å². The average molecular weight is 216 g/mol. The summed E-state index contributed by atoms with van der Waals surface area (Å²) >= 11 is 0. The molecule has 0 spiro atoms. The second-order valence-corrected chi connectivity index (χ2v) is 3.97. The van der Waals surface area contributed by atoms with Crippen LogP contribution in [0.5, 0.6) is 0 Å².